The van der Waals surface area contributed by atoms with Crippen molar-refractivity contribution < 1.29 is 4.42 Å². The summed E-state index contributed by atoms with van der Waals surface area (Å²) in [6.07, 6.45) is 1.88. The molecule has 0 bridgehead atoms. The van der Waals surface area contributed by atoms with Crippen LogP contribution in [0.5, 0.6) is 0 Å². The number of halogens is 1. The Kier molecular flexibility index (Phi) is 3.58. The van der Waals surface area contributed by atoms with E-state index in [2.05, 4.69) is 21.0 Å². The average Bonchev–Trinajstić information content (AvgIpc) is 3.01. The summed E-state index contributed by atoms with van der Waals surface area (Å²) in [7, 11) is 0. The van der Waals surface area contributed by atoms with Gasteiger partial charge in [0.1, 0.15) is 5.58 Å². The van der Waals surface area contributed by atoms with Gasteiger partial charge in [0.25, 0.3) is 0 Å². The Morgan fingerprint density at radius 3 is 2.54 bits per heavy atom. The second kappa shape index (κ2) is 5.76. The van der Waals surface area contributed by atoms with E-state index < -0.39 is 0 Å². The van der Waals surface area contributed by atoms with Crippen LogP contribution in [-0.4, -0.2) is 9.78 Å². The monoisotopic (exact) mass is 380 g/mol. The predicted octanol–water partition coefficient (Wildman–Crippen LogP) is 4.72. The molecule has 0 saturated heterocycles. The van der Waals surface area contributed by atoms with Crippen LogP contribution >= 0.6 is 15.9 Å². The van der Waals surface area contributed by atoms with E-state index in [1.54, 1.807) is 4.68 Å². The standard InChI is InChI=1S/C19H13BrN2O2/c1-12-8-9-22(21-12)16-7-4-14-10-17(19(23)24-18(14)11-16)13-2-5-15(20)6-3-13/h2-11H,1H3. The van der Waals surface area contributed by atoms with E-state index in [1.165, 1.54) is 0 Å². The maximum absolute atomic E-state index is 12.4. The Bertz CT molecular complexity index is 1090. The number of aromatic nitrogens is 2. The molecule has 2 aromatic carbocycles. The largest absolute Gasteiger partial charge is 0.422 e. The van der Waals surface area contributed by atoms with Crippen molar-refractivity contribution in [2.24, 2.45) is 0 Å². The van der Waals surface area contributed by atoms with E-state index >= 15 is 0 Å². The van der Waals surface area contributed by atoms with Crippen molar-refractivity contribution >= 4 is 26.9 Å². The van der Waals surface area contributed by atoms with Gasteiger partial charge in [-0.05, 0) is 48.9 Å². The van der Waals surface area contributed by atoms with E-state index in [4.69, 9.17) is 4.42 Å². The zero-order valence-corrected chi connectivity index (χ0v) is 14.4. The molecule has 2 heterocycles. The second-order valence-electron chi connectivity index (χ2n) is 5.58. The zero-order chi connectivity index (χ0) is 16.7. The van der Waals surface area contributed by atoms with Crippen molar-refractivity contribution in [3.63, 3.8) is 0 Å². The maximum atomic E-state index is 12.4. The Morgan fingerprint density at radius 2 is 1.83 bits per heavy atom. The van der Waals surface area contributed by atoms with E-state index in [9.17, 15) is 4.79 Å². The molecular weight excluding hydrogens is 368 g/mol. The minimum Gasteiger partial charge on any atom is -0.422 e. The van der Waals surface area contributed by atoms with Crippen LogP contribution < -0.4 is 5.63 Å². The van der Waals surface area contributed by atoms with Gasteiger partial charge in [-0.15, -0.1) is 0 Å². The van der Waals surface area contributed by atoms with Crippen LogP contribution in [0.15, 0.2) is 74.5 Å². The molecular formula is C19H13BrN2O2. The highest BCUT2D eigenvalue weighted by Gasteiger charge is 2.09. The van der Waals surface area contributed by atoms with Gasteiger partial charge in [0.05, 0.1) is 16.9 Å². The zero-order valence-electron chi connectivity index (χ0n) is 12.9. The lowest BCUT2D eigenvalue weighted by atomic mass is 10.1. The van der Waals surface area contributed by atoms with Crippen molar-refractivity contribution in [1.82, 2.24) is 9.78 Å². The molecule has 0 spiro atoms. The van der Waals surface area contributed by atoms with E-state index in [0.717, 1.165) is 26.8 Å². The van der Waals surface area contributed by atoms with E-state index in [-0.39, 0.29) is 5.63 Å². The molecule has 0 amide bonds. The van der Waals surface area contributed by atoms with Crippen LogP contribution in [-0.2, 0) is 0 Å². The quantitative estimate of drug-likeness (QED) is 0.472. The van der Waals surface area contributed by atoms with Gasteiger partial charge in [0.2, 0.25) is 0 Å². The van der Waals surface area contributed by atoms with Crippen LogP contribution in [0.3, 0.4) is 0 Å². The molecule has 0 aliphatic rings. The van der Waals surface area contributed by atoms with Crippen molar-refractivity contribution in [3.05, 3.63) is 81.4 Å². The number of rotatable bonds is 2. The topological polar surface area (TPSA) is 48.0 Å². The summed E-state index contributed by atoms with van der Waals surface area (Å²) in [5.41, 5.74) is 3.38. The SMILES string of the molecule is Cc1ccn(-c2ccc3cc(-c4ccc(Br)cc4)c(=O)oc3c2)n1. The molecule has 0 fully saturated rings. The molecule has 5 heteroatoms. The summed E-state index contributed by atoms with van der Waals surface area (Å²) in [5.74, 6) is 0. The fourth-order valence-electron chi connectivity index (χ4n) is 2.63. The van der Waals surface area contributed by atoms with Crippen molar-refractivity contribution in [3.8, 4) is 16.8 Å². The van der Waals surface area contributed by atoms with Gasteiger partial charge >= 0.3 is 5.63 Å². The maximum Gasteiger partial charge on any atom is 0.344 e. The molecule has 0 aliphatic heterocycles. The fourth-order valence-corrected chi connectivity index (χ4v) is 2.90. The van der Waals surface area contributed by atoms with Crippen molar-refractivity contribution in [2.75, 3.05) is 0 Å². The van der Waals surface area contributed by atoms with Crippen molar-refractivity contribution in [1.29, 1.82) is 0 Å². The van der Waals surface area contributed by atoms with Gasteiger partial charge < -0.3 is 4.42 Å². The summed E-state index contributed by atoms with van der Waals surface area (Å²) in [6.45, 7) is 1.93. The molecule has 0 unspecified atom stereocenters. The number of aryl methyl sites for hydroxylation is 1. The highest BCUT2D eigenvalue weighted by Crippen LogP contribution is 2.24. The summed E-state index contributed by atoms with van der Waals surface area (Å²) < 4.78 is 8.27. The summed E-state index contributed by atoms with van der Waals surface area (Å²) in [4.78, 5) is 12.4. The Hall–Kier alpha value is -2.66. The van der Waals surface area contributed by atoms with E-state index in [0.29, 0.717) is 11.1 Å². The molecule has 0 saturated carbocycles. The Labute approximate surface area is 146 Å². The minimum atomic E-state index is -0.349. The fraction of sp³-hybridized carbons (Fsp3) is 0.0526. The molecule has 4 aromatic rings. The van der Waals surface area contributed by atoms with Crippen LogP contribution in [0.4, 0.5) is 0 Å². The smallest absolute Gasteiger partial charge is 0.344 e. The number of benzene rings is 2. The molecule has 0 N–H and O–H groups in total. The summed E-state index contributed by atoms with van der Waals surface area (Å²) in [6, 6.07) is 17.1. The first-order valence-electron chi connectivity index (χ1n) is 7.47. The third-order valence-corrected chi connectivity index (χ3v) is 4.39. The third kappa shape index (κ3) is 2.67. The first-order chi connectivity index (χ1) is 11.6. The van der Waals surface area contributed by atoms with Crippen LogP contribution in [0.25, 0.3) is 27.8 Å². The van der Waals surface area contributed by atoms with Gasteiger partial charge in [-0.2, -0.15) is 5.10 Å². The van der Waals surface area contributed by atoms with Gasteiger partial charge in [-0.3, -0.25) is 0 Å². The first-order valence-corrected chi connectivity index (χ1v) is 8.26. The molecule has 0 aliphatic carbocycles. The molecule has 4 nitrogen and oxygen atoms in total. The minimum absolute atomic E-state index is 0.349. The highest BCUT2D eigenvalue weighted by molar-refractivity contribution is 9.10. The molecule has 118 valence electrons. The lowest BCUT2D eigenvalue weighted by molar-refractivity contribution is 0.563. The molecule has 24 heavy (non-hydrogen) atoms. The van der Waals surface area contributed by atoms with E-state index in [1.807, 2.05) is 67.7 Å². The molecule has 2 aromatic heterocycles. The van der Waals surface area contributed by atoms with Crippen LogP contribution in [0.2, 0.25) is 0 Å². The lowest BCUT2D eigenvalue weighted by Crippen LogP contribution is -2.03. The lowest BCUT2D eigenvalue weighted by Gasteiger charge is -2.05. The average molecular weight is 381 g/mol. The number of nitrogens with zero attached hydrogens (tertiary/aromatic N) is 2. The Balaban J connectivity index is 1.84. The van der Waals surface area contributed by atoms with Gasteiger partial charge in [0.15, 0.2) is 0 Å². The molecule has 0 radical (unpaired) electrons. The first kappa shape index (κ1) is 14.9. The highest BCUT2D eigenvalue weighted by atomic mass is 79.9. The van der Waals surface area contributed by atoms with Crippen LogP contribution in [0, 0.1) is 6.92 Å². The number of hydrogen-bond donors (Lipinski definition) is 0. The van der Waals surface area contributed by atoms with Crippen LogP contribution in [0.1, 0.15) is 5.69 Å². The second-order valence-corrected chi connectivity index (χ2v) is 6.49. The third-order valence-electron chi connectivity index (χ3n) is 3.86. The normalized spacial score (nSPS) is 11.1. The predicted molar refractivity (Wildman–Crippen MR) is 97.5 cm³/mol. The summed E-state index contributed by atoms with van der Waals surface area (Å²) in [5, 5.41) is 5.25. The van der Waals surface area contributed by atoms with Gasteiger partial charge in [-0.25, -0.2) is 9.48 Å². The number of hydrogen-bond acceptors (Lipinski definition) is 3. The van der Waals surface area contributed by atoms with Gasteiger partial charge in [-0.1, -0.05) is 28.1 Å². The molecule has 4 rings (SSSR count). The van der Waals surface area contributed by atoms with Gasteiger partial charge in [0, 0.05) is 22.1 Å². The van der Waals surface area contributed by atoms with Crippen molar-refractivity contribution in [2.45, 2.75) is 6.92 Å². The number of fused-ring (bicyclic) bond motifs is 1. The molecule has 0 atom stereocenters. The summed E-state index contributed by atoms with van der Waals surface area (Å²) >= 11 is 3.40. The Morgan fingerprint density at radius 1 is 1.04 bits per heavy atom.